The van der Waals surface area contributed by atoms with Gasteiger partial charge in [0.05, 0.1) is 11.4 Å². The fourth-order valence-electron chi connectivity index (χ4n) is 9.04. The van der Waals surface area contributed by atoms with Crippen LogP contribution in [0.1, 0.15) is 0 Å². The molecule has 2 nitrogen and oxygen atoms in total. The fourth-order valence-corrected chi connectivity index (χ4v) is 10.3. The van der Waals surface area contributed by atoms with Crippen LogP contribution in [0.25, 0.3) is 120 Å². The zero-order valence-corrected chi connectivity index (χ0v) is 32.7. The maximum Gasteiger partial charge on any atom is 0.160 e. The number of benzene rings is 9. The summed E-state index contributed by atoms with van der Waals surface area (Å²) in [4.78, 5) is 10.4. The summed E-state index contributed by atoms with van der Waals surface area (Å²) in [5.41, 5.74) is 17.3. The Kier molecular flexibility index (Phi) is 7.75. The molecular weight excluding hydrogens is 733 g/mol. The second-order valence-electron chi connectivity index (χ2n) is 15.3. The fraction of sp³-hybridized carbons (Fsp3) is 0. The van der Waals surface area contributed by atoms with Crippen LogP contribution in [-0.4, -0.2) is 9.97 Å². The first-order valence-corrected chi connectivity index (χ1v) is 20.9. The van der Waals surface area contributed by atoms with Gasteiger partial charge in [0.25, 0.3) is 0 Å². The lowest BCUT2D eigenvalue weighted by molar-refractivity contribution is 1.18. The van der Waals surface area contributed by atoms with E-state index in [0.29, 0.717) is 5.82 Å². The van der Waals surface area contributed by atoms with E-state index in [9.17, 15) is 0 Å². The van der Waals surface area contributed by atoms with E-state index < -0.39 is 0 Å². The summed E-state index contributed by atoms with van der Waals surface area (Å²) >= 11 is 1.86. The van der Waals surface area contributed by atoms with Gasteiger partial charge in [-0.25, -0.2) is 9.97 Å². The van der Waals surface area contributed by atoms with Crippen LogP contribution < -0.4 is 0 Å². The molecule has 274 valence electrons. The minimum absolute atomic E-state index is 0.707. The van der Waals surface area contributed by atoms with Crippen molar-refractivity contribution in [2.24, 2.45) is 0 Å². The zero-order valence-electron chi connectivity index (χ0n) is 31.9. The van der Waals surface area contributed by atoms with Gasteiger partial charge in [-0.15, -0.1) is 11.3 Å². The molecule has 0 fully saturated rings. The Hall–Kier alpha value is -7.46. The molecule has 3 heteroatoms. The Morgan fingerprint density at radius 1 is 0.288 bits per heavy atom. The van der Waals surface area contributed by atoms with Gasteiger partial charge in [0, 0.05) is 36.9 Å². The van der Waals surface area contributed by atoms with Gasteiger partial charge >= 0.3 is 0 Å². The molecule has 0 radical (unpaired) electrons. The van der Waals surface area contributed by atoms with Gasteiger partial charge in [0.1, 0.15) is 0 Å². The van der Waals surface area contributed by atoms with Crippen LogP contribution in [0.4, 0.5) is 0 Å². The molecule has 2 aromatic heterocycles. The van der Waals surface area contributed by atoms with Crippen molar-refractivity contribution in [3.05, 3.63) is 206 Å². The van der Waals surface area contributed by atoms with Crippen LogP contribution in [0.3, 0.4) is 0 Å². The molecule has 1 aliphatic rings. The molecule has 11 aromatic rings. The summed E-state index contributed by atoms with van der Waals surface area (Å²) in [7, 11) is 0. The van der Waals surface area contributed by atoms with Crippen LogP contribution >= 0.6 is 11.3 Å². The van der Waals surface area contributed by atoms with Crippen LogP contribution in [0.15, 0.2) is 206 Å². The van der Waals surface area contributed by atoms with Crippen molar-refractivity contribution in [3.63, 3.8) is 0 Å². The maximum absolute atomic E-state index is 5.27. The lowest BCUT2D eigenvalue weighted by Gasteiger charge is -2.14. The SMILES string of the molecule is c1ccc(-c2cc(-c3cc(-c4ccc(-c5ccc6c7c(cccc57)-c5ccccc5-6)cc4)cc(-c4cccc5c4sc4ccccc45)c3)nc(-c3ccccc3)n2)cc1. The topological polar surface area (TPSA) is 25.8 Å². The molecule has 1 aliphatic carbocycles. The Bertz CT molecular complexity index is 3330. The molecule has 0 amide bonds. The number of rotatable bonds is 6. The van der Waals surface area contributed by atoms with Crippen molar-refractivity contribution in [2.75, 3.05) is 0 Å². The highest BCUT2D eigenvalue weighted by Gasteiger charge is 2.22. The van der Waals surface area contributed by atoms with E-state index in [2.05, 4.69) is 182 Å². The molecule has 0 N–H and O–H groups in total. The van der Waals surface area contributed by atoms with Crippen LogP contribution in [0.5, 0.6) is 0 Å². The number of fused-ring (bicyclic) bond motifs is 6. The standard InChI is InChI=1S/C56H34N2S/c1-3-13-37(14-4-1)51-34-52(58-56(57-51)38-15-5-2-6-16-38)41-32-39(31-40(33-41)43-20-11-23-50-46-19-9-10-24-53(46)59-55(43)50)35-25-27-36(28-26-35)42-29-30-49-45-18-8-7-17-44(45)48-22-12-21-47(42)54(48)49/h1-34H. The monoisotopic (exact) mass is 766 g/mol. The molecule has 2 heterocycles. The maximum atomic E-state index is 5.27. The van der Waals surface area contributed by atoms with Crippen molar-refractivity contribution in [3.8, 4) is 89.5 Å². The van der Waals surface area contributed by atoms with E-state index >= 15 is 0 Å². The molecule has 0 saturated carbocycles. The number of hydrogen-bond donors (Lipinski definition) is 0. The van der Waals surface area contributed by atoms with Crippen molar-refractivity contribution < 1.29 is 0 Å². The molecule has 0 spiro atoms. The van der Waals surface area contributed by atoms with Crippen molar-refractivity contribution >= 4 is 42.3 Å². The number of nitrogens with zero attached hydrogens (tertiary/aromatic N) is 2. The summed E-state index contributed by atoms with van der Waals surface area (Å²) in [6.45, 7) is 0. The van der Waals surface area contributed by atoms with Gasteiger partial charge in [-0.3, -0.25) is 0 Å². The van der Waals surface area contributed by atoms with Crippen LogP contribution in [0, 0.1) is 0 Å². The molecule has 9 aromatic carbocycles. The second-order valence-corrected chi connectivity index (χ2v) is 16.3. The third-order valence-corrected chi connectivity index (χ3v) is 13.1. The number of thiophene rings is 1. The highest BCUT2D eigenvalue weighted by molar-refractivity contribution is 7.26. The number of aromatic nitrogens is 2. The first kappa shape index (κ1) is 33.7. The van der Waals surface area contributed by atoms with Crippen molar-refractivity contribution in [1.29, 1.82) is 0 Å². The molecule has 0 aliphatic heterocycles. The molecule has 12 rings (SSSR count). The predicted octanol–water partition coefficient (Wildman–Crippen LogP) is 15.6. The van der Waals surface area contributed by atoms with E-state index in [1.54, 1.807) is 0 Å². The second kappa shape index (κ2) is 13.6. The third kappa shape index (κ3) is 5.62. The minimum atomic E-state index is 0.707. The summed E-state index contributed by atoms with van der Waals surface area (Å²) in [5, 5.41) is 5.21. The Labute approximate surface area is 346 Å². The average molecular weight is 767 g/mol. The molecule has 59 heavy (non-hydrogen) atoms. The Morgan fingerprint density at radius 3 is 1.61 bits per heavy atom. The highest BCUT2D eigenvalue weighted by Crippen LogP contribution is 2.49. The van der Waals surface area contributed by atoms with Gasteiger partial charge in [-0.1, -0.05) is 176 Å². The minimum Gasteiger partial charge on any atom is -0.228 e. The summed E-state index contributed by atoms with van der Waals surface area (Å²) < 4.78 is 2.59. The molecule has 0 bridgehead atoms. The van der Waals surface area contributed by atoms with E-state index in [1.165, 1.54) is 69.9 Å². The summed E-state index contributed by atoms with van der Waals surface area (Å²) in [5.74, 6) is 0.707. The molecular formula is C56H34N2S. The third-order valence-electron chi connectivity index (χ3n) is 11.8. The largest absolute Gasteiger partial charge is 0.228 e. The normalized spacial score (nSPS) is 11.7. The van der Waals surface area contributed by atoms with Gasteiger partial charge in [0.15, 0.2) is 5.82 Å². The molecule has 0 unspecified atom stereocenters. The van der Waals surface area contributed by atoms with E-state index in [4.69, 9.17) is 9.97 Å². The van der Waals surface area contributed by atoms with Crippen LogP contribution in [-0.2, 0) is 0 Å². The summed E-state index contributed by atoms with van der Waals surface area (Å²) in [6.07, 6.45) is 0. The quantitative estimate of drug-likeness (QED) is 0.168. The van der Waals surface area contributed by atoms with Crippen LogP contribution in [0.2, 0.25) is 0 Å². The van der Waals surface area contributed by atoms with E-state index in [-0.39, 0.29) is 0 Å². The van der Waals surface area contributed by atoms with Gasteiger partial charge < -0.3 is 0 Å². The lowest BCUT2D eigenvalue weighted by Crippen LogP contribution is -1.96. The zero-order chi connectivity index (χ0) is 38.9. The summed E-state index contributed by atoms with van der Waals surface area (Å²) in [6, 6.07) is 74.5. The smallest absolute Gasteiger partial charge is 0.160 e. The Balaban J connectivity index is 1.03. The molecule has 0 atom stereocenters. The molecule has 0 saturated heterocycles. The first-order chi connectivity index (χ1) is 29.2. The van der Waals surface area contributed by atoms with Crippen molar-refractivity contribution in [2.45, 2.75) is 0 Å². The van der Waals surface area contributed by atoms with Gasteiger partial charge in [-0.05, 0) is 96.7 Å². The van der Waals surface area contributed by atoms with E-state index in [1.807, 2.05) is 35.6 Å². The lowest BCUT2D eigenvalue weighted by atomic mass is 9.91. The number of hydrogen-bond acceptors (Lipinski definition) is 3. The van der Waals surface area contributed by atoms with E-state index in [0.717, 1.165) is 44.8 Å². The first-order valence-electron chi connectivity index (χ1n) is 20.1. The van der Waals surface area contributed by atoms with Crippen molar-refractivity contribution in [1.82, 2.24) is 9.97 Å². The van der Waals surface area contributed by atoms with Gasteiger partial charge in [0.2, 0.25) is 0 Å². The van der Waals surface area contributed by atoms with Gasteiger partial charge in [-0.2, -0.15) is 0 Å². The predicted molar refractivity (Wildman–Crippen MR) is 249 cm³/mol. The average Bonchev–Trinajstić information content (AvgIpc) is 3.86. The highest BCUT2D eigenvalue weighted by atomic mass is 32.1. The Morgan fingerprint density at radius 2 is 0.831 bits per heavy atom.